The topological polar surface area (TPSA) is 51.4 Å². The molecular formula is C14H23N3O2S. The summed E-state index contributed by atoms with van der Waals surface area (Å²) in [6.07, 6.45) is 6.77. The Hall–Kier alpha value is -0.590. The highest BCUT2D eigenvalue weighted by Gasteiger charge is 2.30. The smallest absolute Gasteiger partial charge is 0.231 e. The Morgan fingerprint density at radius 1 is 1.30 bits per heavy atom. The summed E-state index contributed by atoms with van der Waals surface area (Å²) in [5, 5.41) is 4.07. The van der Waals surface area contributed by atoms with Gasteiger partial charge in [-0.1, -0.05) is 5.16 Å². The molecule has 3 rings (SSSR count). The van der Waals surface area contributed by atoms with Crippen LogP contribution in [0, 0.1) is 0 Å². The summed E-state index contributed by atoms with van der Waals surface area (Å²) in [7, 11) is 0. The number of hydrogen-bond acceptors (Lipinski definition) is 6. The molecule has 2 saturated heterocycles. The van der Waals surface area contributed by atoms with Crippen LogP contribution in [0.25, 0.3) is 0 Å². The Morgan fingerprint density at radius 3 is 2.95 bits per heavy atom. The summed E-state index contributed by atoms with van der Waals surface area (Å²) in [6, 6.07) is 0.681. The van der Waals surface area contributed by atoms with E-state index in [1.807, 2.05) is 0 Å². The van der Waals surface area contributed by atoms with Crippen molar-refractivity contribution in [2.24, 2.45) is 0 Å². The standard InChI is InChI=1S/C14H23N3O2S/c1-20-10-13-15-14(19-16-13)11-3-2-6-17(9-11)12-4-7-18-8-5-12/h11-12H,2-10H2,1H3/t11-/m1/s1. The Bertz CT molecular complexity index is 420. The lowest BCUT2D eigenvalue weighted by atomic mass is 9.95. The summed E-state index contributed by atoms with van der Waals surface area (Å²) in [5.41, 5.74) is 0. The molecule has 0 saturated carbocycles. The van der Waals surface area contributed by atoms with Crippen molar-refractivity contribution in [2.45, 2.75) is 43.4 Å². The normalized spacial score (nSPS) is 25.9. The molecule has 0 aliphatic carbocycles. The van der Waals surface area contributed by atoms with Gasteiger partial charge in [-0.25, -0.2) is 0 Å². The largest absolute Gasteiger partial charge is 0.381 e. The highest BCUT2D eigenvalue weighted by Crippen LogP contribution is 2.29. The number of ether oxygens (including phenoxy) is 1. The summed E-state index contributed by atoms with van der Waals surface area (Å²) >= 11 is 1.73. The number of likely N-dealkylation sites (tertiary alicyclic amines) is 1. The molecule has 0 radical (unpaired) electrons. The summed E-state index contributed by atoms with van der Waals surface area (Å²) in [5.74, 6) is 2.91. The monoisotopic (exact) mass is 297 g/mol. The van der Waals surface area contributed by atoms with Crippen molar-refractivity contribution >= 4 is 11.8 Å². The maximum atomic E-state index is 5.47. The van der Waals surface area contributed by atoms with E-state index in [4.69, 9.17) is 9.26 Å². The maximum Gasteiger partial charge on any atom is 0.231 e. The molecular weight excluding hydrogens is 274 g/mol. The van der Waals surface area contributed by atoms with Crippen molar-refractivity contribution in [3.63, 3.8) is 0 Å². The predicted octanol–water partition coefficient (Wildman–Crippen LogP) is 2.29. The molecule has 1 atom stereocenters. The van der Waals surface area contributed by atoms with E-state index in [0.717, 1.165) is 50.1 Å². The van der Waals surface area contributed by atoms with Crippen molar-refractivity contribution in [2.75, 3.05) is 32.6 Å². The van der Waals surface area contributed by atoms with Gasteiger partial charge in [-0.05, 0) is 38.5 Å². The zero-order valence-electron chi connectivity index (χ0n) is 12.1. The SMILES string of the molecule is CSCc1noc([C@@H]2CCCN(C3CCOCC3)C2)n1. The molecule has 0 aromatic carbocycles. The number of aromatic nitrogens is 2. The first-order valence-electron chi connectivity index (χ1n) is 7.50. The molecule has 1 aromatic heterocycles. The minimum absolute atomic E-state index is 0.412. The summed E-state index contributed by atoms with van der Waals surface area (Å²) in [4.78, 5) is 7.16. The van der Waals surface area contributed by atoms with Gasteiger partial charge in [0.05, 0.1) is 11.7 Å². The van der Waals surface area contributed by atoms with Crippen LogP contribution in [0.15, 0.2) is 4.52 Å². The molecule has 0 amide bonds. The molecule has 2 aliphatic rings. The molecule has 1 aromatic rings. The van der Waals surface area contributed by atoms with Gasteiger partial charge in [0.2, 0.25) is 5.89 Å². The molecule has 112 valence electrons. The van der Waals surface area contributed by atoms with Gasteiger partial charge in [-0.3, -0.25) is 4.90 Å². The van der Waals surface area contributed by atoms with E-state index in [1.54, 1.807) is 11.8 Å². The van der Waals surface area contributed by atoms with Gasteiger partial charge in [-0.2, -0.15) is 16.7 Å². The summed E-state index contributed by atoms with van der Waals surface area (Å²) < 4.78 is 10.9. The van der Waals surface area contributed by atoms with Gasteiger partial charge in [0.15, 0.2) is 5.82 Å². The maximum absolute atomic E-state index is 5.47. The average molecular weight is 297 g/mol. The molecule has 2 aliphatic heterocycles. The second-order valence-corrected chi connectivity index (χ2v) is 6.53. The predicted molar refractivity (Wildman–Crippen MR) is 78.9 cm³/mol. The van der Waals surface area contributed by atoms with Crippen LogP contribution in [-0.2, 0) is 10.5 Å². The molecule has 0 spiro atoms. The lowest BCUT2D eigenvalue weighted by Gasteiger charge is -2.38. The van der Waals surface area contributed by atoms with Crippen LogP contribution in [0.2, 0.25) is 0 Å². The third kappa shape index (κ3) is 3.35. The summed E-state index contributed by atoms with van der Waals surface area (Å²) in [6.45, 7) is 4.08. The average Bonchev–Trinajstić information content (AvgIpc) is 2.97. The number of thioether (sulfide) groups is 1. The van der Waals surface area contributed by atoms with Crippen LogP contribution >= 0.6 is 11.8 Å². The van der Waals surface area contributed by atoms with Gasteiger partial charge in [0.1, 0.15) is 0 Å². The van der Waals surface area contributed by atoms with E-state index >= 15 is 0 Å². The van der Waals surface area contributed by atoms with Crippen molar-refractivity contribution in [3.8, 4) is 0 Å². The first-order valence-corrected chi connectivity index (χ1v) is 8.89. The van der Waals surface area contributed by atoms with Crippen LogP contribution in [0.4, 0.5) is 0 Å². The van der Waals surface area contributed by atoms with Gasteiger partial charge in [-0.15, -0.1) is 0 Å². The first kappa shape index (κ1) is 14.4. The fraction of sp³-hybridized carbons (Fsp3) is 0.857. The minimum Gasteiger partial charge on any atom is -0.381 e. The molecule has 3 heterocycles. The molecule has 0 unspecified atom stereocenters. The van der Waals surface area contributed by atoms with E-state index in [-0.39, 0.29) is 0 Å². The lowest BCUT2D eigenvalue weighted by Crippen LogP contribution is -2.44. The Labute approximate surface area is 124 Å². The third-order valence-corrected chi connectivity index (χ3v) is 4.81. The van der Waals surface area contributed by atoms with Gasteiger partial charge >= 0.3 is 0 Å². The lowest BCUT2D eigenvalue weighted by molar-refractivity contribution is 0.0221. The van der Waals surface area contributed by atoms with E-state index in [9.17, 15) is 0 Å². The van der Waals surface area contributed by atoms with Gasteiger partial charge in [0, 0.05) is 25.8 Å². The van der Waals surface area contributed by atoms with Crippen LogP contribution in [-0.4, -0.2) is 53.6 Å². The zero-order chi connectivity index (χ0) is 13.8. The van der Waals surface area contributed by atoms with Crippen molar-refractivity contribution in [1.82, 2.24) is 15.0 Å². The quantitative estimate of drug-likeness (QED) is 0.850. The van der Waals surface area contributed by atoms with E-state index in [0.29, 0.717) is 12.0 Å². The van der Waals surface area contributed by atoms with Crippen molar-refractivity contribution in [1.29, 1.82) is 0 Å². The van der Waals surface area contributed by atoms with E-state index in [1.165, 1.54) is 19.4 Å². The number of hydrogen-bond donors (Lipinski definition) is 0. The number of piperidine rings is 1. The van der Waals surface area contributed by atoms with Gasteiger partial charge < -0.3 is 9.26 Å². The van der Waals surface area contributed by atoms with Crippen LogP contribution in [0.3, 0.4) is 0 Å². The second kappa shape index (κ2) is 6.91. The highest BCUT2D eigenvalue weighted by molar-refractivity contribution is 7.97. The molecule has 6 heteroatoms. The van der Waals surface area contributed by atoms with Crippen LogP contribution in [0.5, 0.6) is 0 Å². The molecule has 2 fully saturated rings. The fourth-order valence-corrected chi connectivity index (χ4v) is 3.59. The Morgan fingerprint density at radius 2 is 2.15 bits per heavy atom. The minimum atomic E-state index is 0.412. The van der Waals surface area contributed by atoms with Gasteiger partial charge in [0.25, 0.3) is 0 Å². The van der Waals surface area contributed by atoms with E-state index < -0.39 is 0 Å². The van der Waals surface area contributed by atoms with Crippen molar-refractivity contribution in [3.05, 3.63) is 11.7 Å². The molecule has 0 bridgehead atoms. The van der Waals surface area contributed by atoms with Crippen LogP contribution < -0.4 is 0 Å². The second-order valence-electron chi connectivity index (χ2n) is 5.66. The van der Waals surface area contributed by atoms with Crippen LogP contribution in [0.1, 0.15) is 43.3 Å². The first-order chi connectivity index (χ1) is 9.86. The van der Waals surface area contributed by atoms with E-state index in [2.05, 4.69) is 21.3 Å². The highest BCUT2D eigenvalue weighted by atomic mass is 32.2. The Kier molecular flexibility index (Phi) is 4.96. The number of rotatable bonds is 4. The fourth-order valence-electron chi connectivity index (χ4n) is 3.21. The molecule has 0 N–H and O–H groups in total. The molecule has 5 nitrogen and oxygen atoms in total. The number of nitrogens with zero attached hydrogens (tertiary/aromatic N) is 3. The third-order valence-electron chi connectivity index (χ3n) is 4.27. The van der Waals surface area contributed by atoms with Crippen molar-refractivity contribution < 1.29 is 9.26 Å². The Balaban J connectivity index is 1.61. The zero-order valence-corrected chi connectivity index (χ0v) is 12.9. The molecule has 20 heavy (non-hydrogen) atoms.